The van der Waals surface area contributed by atoms with Crippen molar-refractivity contribution in [2.45, 2.75) is 6.92 Å². The molecule has 3 rings (SSSR count). The summed E-state index contributed by atoms with van der Waals surface area (Å²) in [5, 5.41) is 11.7. The van der Waals surface area contributed by atoms with Crippen LogP contribution in [0.5, 0.6) is 5.75 Å². The van der Waals surface area contributed by atoms with Crippen molar-refractivity contribution in [2.24, 2.45) is 0 Å². The maximum absolute atomic E-state index is 9.52. The number of rotatable bonds is 1. The first-order chi connectivity index (χ1) is 9.15. The molecule has 3 aromatic rings. The van der Waals surface area contributed by atoms with Gasteiger partial charge in [0.15, 0.2) is 0 Å². The lowest BCUT2D eigenvalue weighted by molar-refractivity contribution is 0.476. The van der Waals surface area contributed by atoms with E-state index in [1.807, 2.05) is 12.1 Å². The third-order valence-corrected chi connectivity index (χ3v) is 4.15. The highest BCUT2D eigenvalue weighted by atomic mass is 79.9. The Bertz CT molecular complexity index is 745. The molecule has 0 radical (unpaired) electrons. The van der Waals surface area contributed by atoms with Crippen molar-refractivity contribution >= 4 is 26.7 Å². The van der Waals surface area contributed by atoms with Crippen LogP contribution in [-0.4, -0.2) is 5.11 Å². The highest BCUT2D eigenvalue weighted by Crippen LogP contribution is 2.35. The number of phenols is 1. The second-order valence-corrected chi connectivity index (χ2v) is 5.49. The van der Waals surface area contributed by atoms with Crippen LogP contribution in [0.15, 0.2) is 59.1 Å². The number of benzene rings is 3. The van der Waals surface area contributed by atoms with E-state index in [2.05, 4.69) is 53.2 Å². The Hall–Kier alpha value is -1.80. The second kappa shape index (κ2) is 4.71. The van der Waals surface area contributed by atoms with E-state index in [4.69, 9.17) is 0 Å². The van der Waals surface area contributed by atoms with E-state index in [1.54, 1.807) is 12.1 Å². The molecule has 0 spiro atoms. The lowest BCUT2D eigenvalue weighted by Crippen LogP contribution is -1.83. The molecule has 0 bridgehead atoms. The van der Waals surface area contributed by atoms with Crippen LogP contribution in [0.4, 0.5) is 0 Å². The molecule has 0 aromatic heterocycles. The van der Waals surface area contributed by atoms with Gasteiger partial charge in [-0.1, -0.05) is 42.0 Å². The molecule has 94 valence electrons. The van der Waals surface area contributed by atoms with Crippen LogP contribution in [0.1, 0.15) is 5.56 Å². The summed E-state index contributed by atoms with van der Waals surface area (Å²) < 4.78 is 1.06. The molecule has 0 heterocycles. The fourth-order valence-corrected chi connectivity index (χ4v) is 2.96. The molecule has 3 aromatic carbocycles. The molecule has 0 atom stereocenters. The maximum Gasteiger partial charge on any atom is 0.116 e. The standard InChI is InChI=1S/C17H13BrO/c1-11-2-4-12(5-3-11)15-8-6-13-10-14(19)7-9-16(13)17(15)18/h2-10,19H,1H3. The summed E-state index contributed by atoms with van der Waals surface area (Å²) in [6.07, 6.45) is 0. The average Bonchev–Trinajstić information content (AvgIpc) is 2.40. The van der Waals surface area contributed by atoms with Crippen LogP contribution in [0, 0.1) is 6.92 Å². The van der Waals surface area contributed by atoms with Crippen LogP contribution in [0.2, 0.25) is 0 Å². The topological polar surface area (TPSA) is 20.2 Å². The summed E-state index contributed by atoms with van der Waals surface area (Å²) in [5.74, 6) is 0.294. The Balaban J connectivity index is 2.22. The lowest BCUT2D eigenvalue weighted by atomic mass is 10.0. The van der Waals surface area contributed by atoms with Crippen LogP contribution < -0.4 is 0 Å². The van der Waals surface area contributed by atoms with Gasteiger partial charge in [0.05, 0.1) is 0 Å². The van der Waals surface area contributed by atoms with Gasteiger partial charge >= 0.3 is 0 Å². The molecular formula is C17H13BrO. The summed E-state index contributed by atoms with van der Waals surface area (Å²) in [7, 11) is 0. The Kier molecular flexibility index (Phi) is 3.03. The van der Waals surface area contributed by atoms with Crippen LogP contribution >= 0.6 is 15.9 Å². The minimum absolute atomic E-state index is 0.294. The van der Waals surface area contributed by atoms with Gasteiger partial charge in [-0.15, -0.1) is 0 Å². The number of aryl methyl sites for hydroxylation is 1. The lowest BCUT2D eigenvalue weighted by Gasteiger charge is -2.09. The molecular weight excluding hydrogens is 300 g/mol. The number of phenolic OH excluding ortho intramolecular Hbond substituents is 1. The fourth-order valence-electron chi connectivity index (χ4n) is 2.24. The molecule has 0 amide bonds. The van der Waals surface area contributed by atoms with Crippen molar-refractivity contribution in [2.75, 3.05) is 0 Å². The molecule has 0 fully saturated rings. The van der Waals surface area contributed by atoms with Crippen molar-refractivity contribution < 1.29 is 5.11 Å². The van der Waals surface area contributed by atoms with Crippen LogP contribution in [0.3, 0.4) is 0 Å². The average molecular weight is 313 g/mol. The van der Waals surface area contributed by atoms with E-state index in [9.17, 15) is 5.11 Å². The van der Waals surface area contributed by atoms with Crippen LogP contribution in [-0.2, 0) is 0 Å². The molecule has 19 heavy (non-hydrogen) atoms. The maximum atomic E-state index is 9.52. The van der Waals surface area contributed by atoms with Crippen molar-refractivity contribution in [3.63, 3.8) is 0 Å². The Morgan fingerprint density at radius 1 is 0.895 bits per heavy atom. The van der Waals surface area contributed by atoms with E-state index in [-0.39, 0.29) is 0 Å². The first kappa shape index (κ1) is 12.2. The summed E-state index contributed by atoms with van der Waals surface area (Å²) in [6.45, 7) is 2.09. The van der Waals surface area contributed by atoms with Gasteiger partial charge in [-0.2, -0.15) is 0 Å². The summed E-state index contributed by atoms with van der Waals surface area (Å²) in [5.41, 5.74) is 3.61. The normalized spacial score (nSPS) is 10.8. The molecule has 1 nitrogen and oxygen atoms in total. The fraction of sp³-hybridized carbons (Fsp3) is 0.0588. The molecule has 0 saturated carbocycles. The number of hydrogen-bond donors (Lipinski definition) is 1. The third-order valence-electron chi connectivity index (χ3n) is 3.30. The molecule has 0 saturated heterocycles. The Morgan fingerprint density at radius 3 is 2.37 bits per heavy atom. The van der Waals surface area contributed by atoms with Gasteiger partial charge in [-0.3, -0.25) is 0 Å². The third kappa shape index (κ3) is 2.24. The van der Waals surface area contributed by atoms with Gasteiger partial charge in [-0.05, 0) is 63.0 Å². The SMILES string of the molecule is Cc1ccc(-c2ccc3cc(O)ccc3c2Br)cc1. The van der Waals surface area contributed by atoms with E-state index in [0.29, 0.717) is 5.75 Å². The minimum Gasteiger partial charge on any atom is -0.508 e. The highest BCUT2D eigenvalue weighted by Gasteiger charge is 2.07. The predicted octanol–water partition coefficient (Wildman–Crippen LogP) is 5.28. The largest absolute Gasteiger partial charge is 0.508 e. The minimum atomic E-state index is 0.294. The number of hydrogen-bond acceptors (Lipinski definition) is 1. The van der Waals surface area contributed by atoms with Gasteiger partial charge in [-0.25, -0.2) is 0 Å². The molecule has 1 N–H and O–H groups in total. The monoisotopic (exact) mass is 312 g/mol. The summed E-state index contributed by atoms with van der Waals surface area (Å²) >= 11 is 3.68. The first-order valence-corrected chi connectivity index (χ1v) is 6.93. The van der Waals surface area contributed by atoms with E-state index >= 15 is 0 Å². The Morgan fingerprint density at radius 2 is 1.63 bits per heavy atom. The van der Waals surface area contributed by atoms with Crippen molar-refractivity contribution in [1.29, 1.82) is 0 Å². The van der Waals surface area contributed by atoms with Crippen molar-refractivity contribution in [3.05, 3.63) is 64.6 Å². The first-order valence-electron chi connectivity index (χ1n) is 6.13. The zero-order valence-electron chi connectivity index (χ0n) is 10.5. The van der Waals surface area contributed by atoms with Crippen molar-refractivity contribution in [3.8, 4) is 16.9 Å². The van der Waals surface area contributed by atoms with Crippen LogP contribution in [0.25, 0.3) is 21.9 Å². The van der Waals surface area contributed by atoms with Gasteiger partial charge in [0.2, 0.25) is 0 Å². The highest BCUT2D eigenvalue weighted by molar-refractivity contribution is 9.10. The summed E-state index contributed by atoms with van der Waals surface area (Å²) in [6, 6.07) is 18.0. The number of halogens is 1. The molecule has 0 aliphatic carbocycles. The zero-order chi connectivity index (χ0) is 13.4. The predicted molar refractivity (Wildman–Crippen MR) is 83.5 cm³/mol. The van der Waals surface area contributed by atoms with Gasteiger partial charge in [0.25, 0.3) is 0 Å². The zero-order valence-corrected chi connectivity index (χ0v) is 12.1. The molecule has 0 aliphatic rings. The van der Waals surface area contributed by atoms with E-state index < -0.39 is 0 Å². The van der Waals surface area contributed by atoms with Gasteiger partial charge in [0, 0.05) is 4.47 Å². The molecule has 0 unspecified atom stereocenters. The van der Waals surface area contributed by atoms with E-state index in [1.165, 1.54) is 11.1 Å². The van der Waals surface area contributed by atoms with Gasteiger partial charge in [0.1, 0.15) is 5.75 Å². The van der Waals surface area contributed by atoms with Gasteiger partial charge < -0.3 is 5.11 Å². The number of aromatic hydroxyl groups is 1. The smallest absolute Gasteiger partial charge is 0.116 e. The molecule has 0 aliphatic heterocycles. The molecule has 2 heteroatoms. The summed E-state index contributed by atoms with van der Waals surface area (Å²) in [4.78, 5) is 0. The quantitative estimate of drug-likeness (QED) is 0.648. The second-order valence-electron chi connectivity index (χ2n) is 4.70. The Labute approximate surface area is 120 Å². The van der Waals surface area contributed by atoms with E-state index in [0.717, 1.165) is 20.8 Å². The number of fused-ring (bicyclic) bond motifs is 1. The van der Waals surface area contributed by atoms with Crippen molar-refractivity contribution in [1.82, 2.24) is 0 Å².